The molecule has 1 N–H and O–H groups in total. The van der Waals surface area contributed by atoms with E-state index in [0.29, 0.717) is 0 Å². The van der Waals surface area contributed by atoms with Gasteiger partial charge in [0.15, 0.2) is 0 Å². The van der Waals surface area contributed by atoms with E-state index in [2.05, 4.69) is 6.92 Å². The fraction of sp³-hybridized carbons (Fsp3) is 0.833. The van der Waals surface area contributed by atoms with Crippen LogP contribution in [0.1, 0.15) is 46.0 Å². The van der Waals surface area contributed by atoms with Crippen molar-refractivity contribution in [2.45, 2.75) is 52.0 Å². The maximum atomic E-state index is 12.2. The maximum Gasteiger partial charge on any atom is 0.326 e. The number of likely N-dealkylation sites (N-methyl/N-ethyl adjacent to an activating group) is 1. The standard InChI is InChI=1S/C12H21NO3/c1-4-6-12(7-5-8-12)11(16)13(3)9(2)10(14)15/h9H,4-8H2,1-3H3,(H,14,15). The monoisotopic (exact) mass is 227 g/mol. The first-order chi connectivity index (χ1) is 7.44. The number of rotatable bonds is 5. The number of carboxylic acid groups (broad SMARTS) is 1. The highest BCUT2D eigenvalue weighted by Gasteiger charge is 2.45. The van der Waals surface area contributed by atoms with E-state index in [0.717, 1.165) is 32.1 Å². The van der Waals surface area contributed by atoms with Crippen LogP contribution < -0.4 is 0 Å². The van der Waals surface area contributed by atoms with Gasteiger partial charge in [-0.2, -0.15) is 0 Å². The molecule has 0 aliphatic heterocycles. The van der Waals surface area contributed by atoms with Crippen LogP contribution in [-0.2, 0) is 9.59 Å². The molecule has 0 spiro atoms. The van der Waals surface area contributed by atoms with Crippen molar-refractivity contribution in [3.63, 3.8) is 0 Å². The molecule has 0 aromatic carbocycles. The summed E-state index contributed by atoms with van der Waals surface area (Å²) in [6.45, 7) is 3.62. The molecule has 92 valence electrons. The third-order valence-corrected chi connectivity index (χ3v) is 3.75. The molecular weight excluding hydrogens is 206 g/mol. The van der Waals surface area contributed by atoms with Gasteiger partial charge in [-0.05, 0) is 26.2 Å². The van der Waals surface area contributed by atoms with Crippen LogP contribution >= 0.6 is 0 Å². The Morgan fingerprint density at radius 1 is 1.44 bits per heavy atom. The summed E-state index contributed by atoms with van der Waals surface area (Å²) in [6, 6.07) is -0.734. The number of hydrogen-bond donors (Lipinski definition) is 1. The highest BCUT2D eigenvalue weighted by Crippen LogP contribution is 2.46. The number of nitrogens with zero attached hydrogens (tertiary/aromatic N) is 1. The molecule has 0 aromatic rings. The van der Waals surface area contributed by atoms with E-state index >= 15 is 0 Å². The van der Waals surface area contributed by atoms with Gasteiger partial charge in [0, 0.05) is 12.5 Å². The van der Waals surface area contributed by atoms with Crippen molar-refractivity contribution >= 4 is 11.9 Å². The molecule has 1 atom stereocenters. The number of carbonyl (C=O) groups is 2. The fourth-order valence-electron chi connectivity index (χ4n) is 2.37. The predicted octanol–water partition coefficient (Wildman–Crippen LogP) is 1.89. The first-order valence-corrected chi connectivity index (χ1v) is 5.94. The second kappa shape index (κ2) is 4.85. The van der Waals surface area contributed by atoms with Crippen molar-refractivity contribution in [2.75, 3.05) is 7.05 Å². The minimum absolute atomic E-state index is 0.00972. The topological polar surface area (TPSA) is 57.6 Å². The lowest BCUT2D eigenvalue weighted by Crippen LogP contribution is -2.51. The molecule has 4 heteroatoms. The summed E-state index contributed by atoms with van der Waals surface area (Å²) in [5, 5.41) is 8.89. The van der Waals surface area contributed by atoms with Gasteiger partial charge < -0.3 is 10.0 Å². The quantitative estimate of drug-likeness (QED) is 0.780. The summed E-state index contributed by atoms with van der Waals surface area (Å²) in [4.78, 5) is 24.5. The van der Waals surface area contributed by atoms with Crippen molar-refractivity contribution in [1.82, 2.24) is 4.90 Å². The lowest BCUT2D eigenvalue weighted by Gasteiger charge is -2.43. The molecule has 1 aliphatic rings. The second-order valence-corrected chi connectivity index (χ2v) is 4.81. The van der Waals surface area contributed by atoms with E-state index in [-0.39, 0.29) is 11.3 Å². The van der Waals surface area contributed by atoms with E-state index in [9.17, 15) is 9.59 Å². The number of hydrogen-bond acceptors (Lipinski definition) is 2. The molecule has 0 heterocycles. The molecule has 0 aromatic heterocycles. The molecule has 1 fully saturated rings. The minimum Gasteiger partial charge on any atom is -0.480 e. The van der Waals surface area contributed by atoms with E-state index in [1.165, 1.54) is 4.90 Å². The van der Waals surface area contributed by atoms with E-state index in [4.69, 9.17) is 5.11 Å². The van der Waals surface area contributed by atoms with Crippen molar-refractivity contribution in [2.24, 2.45) is 5.41 Å². The molecule has 1 aliphatic carbocycles. The largest absolute Gasteiger partial charge is 0.480 e. The molecule has 1 saturated carbocycles. The second-order valence-electron chi connectivity index (χ2n) is 4.81. The first kappa shape index (κ1) is 13.0. The third-order valence-electron chi connectivity index (χ3n) is 3.75. The zero-order valence-corrected chi connectivity index (χ0v) is 10.3. The average molecular weight is 227 g/mol. The smallest absolute Gasteiger partial charge is 0.326 e. The Balaban J connectivity index is 2.72. The normalized spacial score (nSPS) is 19.7. The highest BCUT2D eigenvalue weighted by molar-refractivity contribution is 5.87. The van der Waals surface area contributed by atoms with Crippen LogP contribution in [0.25, 0.3) is 0 Å². The predicted molar refractivity (Wildman–Crippen MR) is 61.1 cm³/mol. The number of carboxylic acids is 1. The third kappa shape index (κ3) is 2.20. The van der Waals surface area contributed by atoms with Crippen molar-refractivity contribution in [1.29, 1.82) is 0 Å². The summed E-state index contributed by atoms with van der Waals surface area (Å²) in [6.07, 6.45) is 4.76. The number of aliphatic carboxylic acids is 1. The summed E-state index contributed by atoms with van der Waals surface area (Å²) in [5.74, 6) is -0.933. The number of amides is 1. The van der Waals surface area contributed by atoms with Gasteiger partial charge in [0.25, 0.3) is 0 Å². The molecule has 1 rings (SSSR count). The first-order valence-electron chi connectivity index (χ1n) is 5.94. The fourth-order valence-corrected chi connectivity index (χ4v) is 2.37. The van der Waals surface area contributed by atoms with Gasteiger partial charge in [-0.25, -0.2) is 4.79 Å². The van der Waals surface area contributed by atoms with Crippen molar-refractivity contribution < 1.29 is 14.7 Å². The molecule has 0 bridgehead atoms. The summed E-state index contributed by atoms with van der Waals surface area (Å²) in [7, 11) is 1.59. The SMILES string of the molecule is CCCC1(C(=O)N(C)C(C)C(=O)O)CCC1. The molecule has 4 nitrogen and oxygen atoms in total. The van der Waals surface area contributed by atoms with E-state index in [1.54, 1.807) is 14.0 Å². The van der Waals surface area contributed by atoms with Gasteiger partial charge in [-0.3, -0.25) is 4.79 Å². The van der Waals surface area contributed by atoms with Crippen molar-refractivity contribution in [3.05, 3.63) is 0 Å². The van der Waals surface area contributed by atoms with Crippen LogP contribution in [0.4, 0.5) is 0 Å². The molecule has 1 unspecified atom stereocenters. The highest BCUT2D eigenvalue weighted by atomic mass is 16.4. The molecular formula is C12H21NO3. The lowest BCUT2D eigenvalue weighted by atomic mass is 9.65. The van der Waals surface area contributed by atoms with Crippen LogP contribution in [0.5, 0.6) is 0 Å². The Morgan fingerprint density at radius 3 is 2.31 bits per heavy atom. The molecule has 1 amide bonds. The zero-order valence-electron chi connectivity index (χ0n) is 10.3. The zero-order chi connectivity index (χ0) is 12.3. The summed E-state index contributed by atoms with van der Waals surface area (Å²) >= 11 is 0. The van der Waals surface area contributed by atoms with Gasteiger partial charge in [-0.15, -0.1) is 0 Å². The Labute approximate surface area is 96.6 Å². The Kier molecular flexibility index (Phi) is 3.94. The Morgan fingerprint density at radius 2 is 2.00 bits per heavy atom. The molecule has 0 radical (unpaired) electrons. The van der Waals surface area contributed by atoms with Gasteiger partial charge in [-0.1, -0.05) is 19.8 Å². The Bertz CT molecular complexity index is 284. The maximum absolute atomic E-state index is 12.2. The van der Waals surface area contributed by atoms with E-state index in [1.807, 2.05) is 0 Å². The Hall–Kier alpha value is -1.06. The lowest BCUT2D eigenvalue weighted by molar-refractivity contribution is -0.156. The van der Waals surface area contributed by atoms with Gasteiger partial charge >= 0.3 is 5.97 Å². The van der Waals surface area contributed by atoms with Gasteiger partial charge in [0.1, 0.15) is 6.04 Å². The molecule has 16 heavy (non-hydrogen) atoms. The van der Waals surface area contributed by atoms with Crippen LogP contribution in [0.2, 0.25) is 0 Å². The van der Waals surface area contributed by atoms with Gasteiger partial charge in [0.05, 0.1) is 0 Å². The summed E-state index contributed by atoms with van der Waals surface area (Å²) in [5.41, 5.74) is -0.257. The van der Waals surface area contributed by atoms with Crippen LogP contribution in [0.15, 0.2) is 0 Å². The van der Waals surface area contributed by atoms with Crippen LogP contribution in [0, 0.1) is 5.41 Å². The van der Waals surface area contributed by atoms with Crippen molar-refractivity contribution in [3.8, 4) is 0 Å². The minimum atomic E-state index is -0.943. The van der Waals surface area contributed by atoms with Gasteiger partial charge in [0.2, 0.25) is 5.91 Å². The van der Waals surface area contributed by atoms with Crippen LogP contribution in [-0.4, -0.2) is 35.0 Å². The summed E-state index contributed by atoms with van der Waals surface area (Å²) < 4.78 is 0. The average Bonchev–Trinajstić information content (AvgIpc) is 2.20. The van der Waals surface area contributed by atoms with Crippen LogP contribution in [0.3, 0.4) is 0 Å². The molecule has 0 saturated heterocycles. The number of carbonyl (C=O) groups excluding carboxylic acids is 1. The van der Waals surface area contributed by atoms with E-state index < -0.39 is 12.0 Å².